The Morgan fingerprint density at radius 1 is 1.03 bits per heavy atom. The van der Waals surface area contributed by atoms with Crippen molar-refractivity contribution < 1.29 is 28.6 Å². The highest BCUT2D eigenvalue weighted by molar-refractivity contribution is 8.18. The third kappa shape index (κ3) is 5.88. The van der Waals surface area contributed by atoms with Crippen LogP contribution in [0.4, 0.5) is 4.79 Å². The molecular formula is C28H27NO6S. The van der Waals surface area contributed by atoms with E-state index in [0.717, 1.165) is 33.0 Å². The van der Waals surface area contributed by atoms with Crippen LogP contribution in [0.5, 0.6) is 11.5 Å². The fourth-order valence-electron chi connectivity index (χ4n) is 3.69. The third-order valence-corrected chi connectivity index (χ3v) is 6.39. The first-order chi connectivity index (χ1) is 17.4. The van der Waals surface area contributed by atoms with E-state index in [9.17, 15) is 14.4 Å². The summed E-state index contributed by atoms with van der Waals surface area (Å²) in [6.07, 6.45) is 1.60. The van der Waals surface area contributed by atoms with Crippen LogP contribution in [0, 0.1) is 5.92 Å². The molecule has 3 aromatic carbocycles. The lowest BCUT2D eigenvalue weighted by molar-refractivity contribution is -0.147. The van der Waals surface area contributed by atoms with Crippen molar-refractivity contribution in [2.45, 2.75) is 20.5 Å². The maximum Gasteiger partial charge on any atom is 0.326 e. The molecule has 0 bridgehead atoms. The van der Waals surface area contributed by atoms with Gasteiger partial charge in [-0.2, -0.15) is 0 Å². The van der Waals surface area contributed by atoms with Crippen molar-refractivity contribution in [3.8, 4) is 11.5 Å². The summed E-state index contributed by atoms with van der Waals surface area (Å²) >= 11 is 0.788. The number of ether oxygens (including phenoxy) is 3. The number of amides is 2. The van der Waals surface area contributed by atoms with Gasteiger partial charge in [-0.25, -0.2) is 0 Å². The van der Waals surface area contributed by atoms with Crippen molar-refractivity contribution >= 4 is 45.7 Å². The van der Waals surface area contributed by atoms with E-state index < -0.39 is 23.7 Å². The van der Waals surface area contributed by atoms with E-state index in [0.29, 0.717) is 23.7 Å². The molecule has 4 rings (SSSR count). The fourth-order valence-corrected chi connectivity index (χ4v) is 4.53. The van der Waals surface area contributed by atoms with Crippen LogP contribution in [0.25, 0.3) is 16.8 Å². The molecule has 36 heavy (non-hydrogen) atoms. The van der Waals surface area contributed by atoms with Crippen LogP contribution in [-0.2, 0) is 20.9 Å². The molecular weight excluding hydrogens is 478 g/mol. The van der Waals surface area contributed by atoms with E-state index in [-0.39, 0.29) is 17.4 Å². The molecule has 0 aliphatic carbocycles. The largest absolute Gasteiger partial charge is 0.493 e. The normalized spacial score (nSPS) is 14.7. The SMILES string of the molecule is COc1cc(/C=C2/SC(=O)N(CC(=O)OCC(C)C)C2=O)ccc1OCc1cccc2ccccc12. The summed E-state index contributed by atoms with van der Waals surface area (Å²) in [5.41, 5.74) is 1.72. The van der Waals surface area contributed by atoms with Crippen LogP contribution >= 0.6 is 11.8 Å². The number of hydrogen-bond acceptors (Lipinski definition) is 7. The fraction of sp³-hybridized carbons (Fsp3) is 0.250. The molecule has 0 saturated carbocycles. The van der Waals surface area contributed by atoms with Gasteiger partial charge in [0.25, 0.3) is 11.1 Å². The topological polar surface area (TPSA) is 82.1 Å². The van der Waals surface area contributed by atoms with Crippen LogP contribution in [0.3, 0.4) is 0 Å². The molecule has 3 aromatic rings. The van der Waals surface area contributed by atoms with E-state index in [4.69, 9.17) is 14.2 Å². The number of carbonyl (C=O) groups excluding carboxylic acids is 3. The maximum atomic E-state index is 12.7. The third-order valence-electron chi connectivity index (χ3n) is 5.49. The molecule has 0 aromatic heterocycles. The maximum absolute atomic E-state index is 12.7. The first kappa shape index (κ1) is 25.3. The van der Waals surface area contributed by atoms with E-state index >= 15 is 0 Å². The summed E-state index contributed by atoms with van der Waals surface area (Å²) in [5.74, 6) is 0.0881. The Balaban J connectivity index is 1.46. The van der Waals surface area contributed by atoms with Gasteiger partial charge in [-0.1, -0.05) is 62.4 Å². The number of benzene rings is 3. The summed E-state index contributed by atoms with van der Waals surface area (Å²) in [7, 11) is 1.54. The van der Waals surface area contributed by atoms with Crippen LogP contribution in [0.1, 0.15) is 25.0 Å². The molecule has 7 nitrogen and oxygen atoms in total. The highest BCUT2D eigenvalue weighted by atomic mass is 32.2. The zero-order valence-electron chi connectivity index (χ0n) is 20.4. The molecule has 0 radical (unpaired) electrons. The van der Waals surface area contributed by atoms with Gasteiger partial charge in [0.1, 0.15) is 13.2 Å². The molecule has 1 aliphatic heterocycles. The van der Waals surface area contributed by atoms with Crippen LogP contribution in [0.15, 0.2) is 65.6 Å². The number of imide groups is 1. The zero-order valence-corrected chi connectivity index (χ0v) is 21.2. The average Bonchev–Trinajstić information content (AvgIpc) is 3.13. The predicted octanol–water partition coefficient (Wildman–Crippen LogP) is 5.66. The van der Waals surface area contributed by atoms with Gasteiger partial charge in [0.2, 0.25) is 0 Å². The molecule has 0 N–H and O–H groups in total. The van der Waals surface area contributed by atoms with Gasteiger partial charge in [-0.15, -0.1) is 0 Å². The highest BCUT2D eigenvalue weighted by Crippen LogP contribution is 2.35. The lowest BCUT2D eigenvalue weighted by atomic mass is 10.1. The van der Waals surface area contributed by atoms with Crippen molar-refractivity contribution in [3.63, 3.8) is 0 Å². The zero-order chi connectivity index (χ0) is 25.7. The van der Waals surface area contributed by atoms with Gasteiger partial charge in [0.15, 0.2) is 11.5 Å². The molecule has 1 heterocycles. The number of fused-ring (bicyclic) bond motifs is 1. The van der Waals surface area contributed by atoms with Crippen LogP contribution in [-0.4, -0.2) is 42.3 Å². The lowest BCUT2D eigenvalue weighted by Crippen LogP contribution is -2.34. The molecule has 1 saturated heterocycles. The standard InChI is InChI=1S/C28H27NO6S/c1-18(2)16-35-26(30)15-29-27(31)25(36-28(29)32)14-19-11-12-23(24(13-19)33-3)34-17-21-9-6-8-20-7-4-5-10-22(20)21/h4-14,18H,15-17H2,1-3H3/b25-14+. The average molecular weight is 506 g/mol. The second-order valence-corrected chi connectivity index (χ2v) is 9.68. The van der Waals surface area contributed by atoms with Gasteiger partial charge >= 0.3 is 5.97 Å². The molecule has 0 unspecified atom stereocenters. The van der Waals surface area contributed by atoms with E-state index in [1.807, 2.05) is 38.1 Å². The van der Waals surface area contributed by atoms with Gasteiger partial charge in [-0.3, -0.25) is 19.3 Å². The number of nitrogens with zero attached hydrogens (tertiary/aromatic N) is 1. The minimum absolute atomic E-state index is 0.165. The highest BCUT2D eigenvalue weighted by Gasteiger charge is 2.36. The van der Waals surface area contributed by atoms with Gasteiger partial charge in [0.05, 0.1) is 18.6 Å². The second-order valence-electron chi connectivity index (χ2n) is 8.68. The Hall–Kier alpha value is -3.78. The Morgan fingerprint density at radius 3 is 2.58 bits per heavy atom. The van der Waals surface area contributed by atoms with Crippen LogP contribution in [0.2, 0.25) is 0 Å². The summed E-state index contributed by atoms with van der Waals surface area (Å²) in [6, 6.07) is 19.5. The smallest absolute Gasteiger partial charge is 0.326 e. The molecule has 0 atom stereocenters. The number of carbonyl (C=O) groups is 3. The minimum Gasteiger partial charge on any atom is -0.493 e. The summed E-state index contributed by atoms with van der Waals surface area (Å²) in [4.78, 5) is 38.2. The molecule has 1 fully saturated rings. The summed E-state index contributed by atoms with van der Waals surface area (Å²) < 4.78 is 16.7. The van der Waals surface area contributed by atoms with Crippen LogP contribution < -0.4 is 9.47 Å². The van der Waals surface area contributed by atoms with Crippen molar-refractivity contribution in [2.75, 3.05) is 20.3 Å². The Bertz CT molecular complexity index is 1330. The van der Waals surface area contributed by atoms with E-state index in [2.05, 4.69) is 18.2 Å². The molecule has 8 heteroatoms. The Kier molecular flexibility index (Phi) is 7.95. The number of methoxy groups -OCH3 is 1. The number of esters is 1. The van der Waals surface area contributed by atoms with E-state index in [1.165, 1.54) is 0 Å². The molecule has 2 amide bonds. The molecule has 1 aliphatic rings. The van der Waals surface area contributed by atoms with Crippen molar-refractivity contribution in [1.29, 1.82) is 0 Å². The number of thioether (sulfide) groups is 1. The molecule has 0 spiro atoms. The first-order valence-corrected chi connectivity index (χ1v) is 12.4. The summed E-state index contributed by atoms with van der Waals surface area (Å²) in [6.45, 7) is 4.01. The van der Waals surface area contributed by atoms with Gasteiger partial charge < -0.3 is 14.2 Å². The number of hydrogen-bond donors (Lipinski definition) is 0. The Morgan fingerprint density at radius 2 is 1.81 bits per heavy atom. The Labute approximate surface area is 214 Å². The molecule has 186 valence electrons. The quantitative estimate of drug-likeness (QED) is 0.274. The van der Waals surface area contributed by atoms with E-state index in [1.54, 1.807) is 31.4 Å². The summed E-state index contributed by atoms with van der Waals surface area (Å²) in [5, 5.41) is 1.76. The monoisotopic (exact) mass is 505 g/mol. The predicted molar refractivity (Wildman–Crippen MR) is 140 cm³/mol. The van der Waals surface area contributed by atoms with Crippen molar-refractivity contribution in [3.05, 3.63) is 76.7 Å². The first-order valence-electron chi connectivity index (χ1n) is 11.5. The van der Waals surface area contributed by atoms with Crippen molar-refractivity contribution in [2.24, 2.45) is 5.92 Å². The number of rotatable bonds is 9. The lowest BCUT2D eigenvalue weighted by Gasteiger charge is -2.13. The minimum atomic E-state index is -0.610. The van der Waals surface area contributed by atoms with Gasteiger partial charge in [0, 0.05) is 0 Å². The van der Waals surface area contributed by atoms with Gasteiger partial charge in [-0.05, 0) is 57.8 Å². The second kappa shape index (κ2) is 11.3. The van der Waals surface area contributed by atoms with Crippen molar-refractivity contribution in [1.82, 2.24) is 4.90 Å².